The quantitative estimate of drug-likeness (QED) is 0.542. The summed E-state index contributed by atoms with van der Waals surface area (Å²) in [5, 5.41) is 7.70. The van der Waals surface area contributed by atoms with E-state index in [9.17, 15) is 4.39 Å². The molecule has 1 atom stereocenters. The Morgan fingerprint density at radius 2 is 2.31 bits per heavy atom. The Balaban J connectivity index is 1.53. The maximum atomic E-state index is 13.3. The predicted octanol–water partition coefficient (Wildman–Crippen LogP) is 1.74. The van der Waals surface area contributed by atoms with Gasteiger partial charge in [0.15, 0.2) is 5.96 Å². The van der Waals surface area contributed by atoms with Crippen LogP contribution >= 0.6 is 0 Å². The topological polar surface area (TPSA) is 64.7 Å². The van der Waals surface area contributed by atoms with Crippen LogP contribution in [0.5, 0.6) is 0 Å². The maximum Gasteiger partial charge on any atom is 0.191 e. The van der Waals surface area contributed by atoms with Crippen LogP contribution in [0.15, 0.2) is 29.4 Å². The second-order valence-electron chi connectivity index (χ2n) is 6.66. The van der Waals surface area contributed by atoms with Crippen molar-refractivity contribution in [2.75, 3.05) is 46.4 Å². The van der Waals surface area contributed by atoms with Crippen LogP contribution in [-0.4, -0.2) is 68.3 Å². The highest BCUT2D eigenvalue weighted by molar-refractivity contribution is 5.83. The van der Waals surface area contributed by atoms with Gasteiger partial charge in [-0.25, -0.2) is 4.39 Å². The number of hydrogen-bond acceptors (Lipinski definition) is 3. The van der Waals surface area contributed by atoms with Crippen molar-refractivity contribution in [2.45, 2.75) is 19.4 Å². The summed E-state index contributed by atoms with van der Waals surface area (Å²) in [5.41, 5.74) is 2.00. The van der Waals surface area contributed by atoms with Gasteiger partial charge in [0, 0.05) is 43.3 Å². The van der Waals surface area contributed by atoms with Gasteiger partial charge in [-0.1, -0.05) is 0 Å². The third kappa shape index (κ3) is 4.95. The molecule has 1 aliphatic heterocycles. The van der Waals surface area contributed by atoms with Crippen LogP contribution in [0.3, 0.4) is 0 Å². The zero-order chi connectivity index (χ0) is 18.4. The lowest BCUT2D eigenvalue weighted by molar-refractivity contribution is -0.0136. The lowest BCUT2D eigenvalue weighted by Gasteiger charge is -2.29. The van der Waals surface area contributed by atoms with E-state index >= 15 is 0 Å². The van der Waals surface area contributed by atoms with E-state index < -0.39 is 0 Å². The van der Waals surface area contributed by atoms with Gasteiger partial charge in [-0.3, -0.25) is 4.99 Å². The number of morpholine rings is 1. The Kier molecular flexibility index (Phi) is 6.46. The summed E-state index contributed by atoms with van der Waals surface area (Å²) in [6, 6.07) is 4.85. The molecule has 1 unspecified atom stereocenters. The highest BCUT2D eigenvalue weighted by Crippen LogP contribution is 2.19. The smallest absolute Gasteiger partial charge is 0.191 e. The van der Waals surface area contributed by atoms with Gasteiger partial charge in [-0.05, 0) is 44.2 Å². The highest BCUT2D eigenvalue weighted by Gasteiger charge is 2.17. The first-order chi connectivity index (χ1) is 12.7. The van der Waals surface area contributed by atoms with E-state index in [-0.39, 0.29) is 11.9 Å². The number of guanidine groups is 1. The van der Waals surface area contributed by atoms with E-state index in [1.54, 1.807) is 0 Å². The number of rotatable bonds is 6. The summed E-state index contributed by atoms with van der Waals surface area (Å²) >= 11 is 0. The molecule has 0 aliphatic carbocycles. The number of benzene rings is 1. The van der Waals surface area contributed by atoms with Crippen LogP contribution < -0.4 is 10.6 Å². The summed E-state index contributed by atoms with van der Waals surface area (Å²) < 4.78 is 19.0. The molecule has 3 N–H and O–H groups in total. The van der Waals surface area contributed by atoms with Crippen molar-refractivity contribution < 1.29 is 9.13 Å². The molecule has 1 aromatic carbocycles. The summed E-state index contributed by atoms with van der Waals surface area (Å²) in [7, 11) is 2.11. The second kappa shape index (κ2) is 9.00. The number of aromatic nitrogens is 1. The summed E-state index contributed by atoms with van der Waals surface area (Å²) in [6.07, 6.45) is 2.92. The van der Waals surface area contributed by atoms with E-state index in [2.05, 4.69) is 39.5 Å². The van der Waals surface area contributed by atoms with Crippen LogP contribution in [-0.2, 0) is 11.2 Å². The van der Waals surface area contributed by atoms with Crippen molar-refractivity contribution in [3.8, 4) is 0 Å². The van der Waals surface area contributed by atoms with Gasteiger partial charge < -0.3 is 25.3 Å². The van der Waals surface area contributed by atoms with E-state index in [0.717, 1.165) is 56.1 Å². The number of halogens is 1. The molecule has 1 aliphatic rings. The van der Waals surface area contributed by atoms with Gasteiger partial charge in [-0.15, -0.1) is 0 Å². The van der Waals surface area contributed by atoms with Crippen LogP contribution in [0, 0.1) is 5.82 Å². The zero-order valence-electron chi connectivity index (χ0n) is 15.5. The molecule has 2 aromatic rings. The number of ether oxygens (including phenoxy) is 1. The van der Waals surface area contributed by atoms with E-state index in [4.69, 9.17) is 4.74 Å². The Morgan fingerprint density at radius 3 is 3.12 bits per heavy atom. The van der Waals surface area contributed by atoms with Crippen molar-refractivity contribution in [2.24, 2.45) is 4.99 Å². The monoisotopic (exact) mass is 361 g/mol. The van der Waals surface area contributed by atoms with Gasteiger partial charge in [0.25, 0.3) is 0 Å². The highest BCUT2D eigenvalue weighted by atomic mass is 19.1. The van der Waals surface area contributed by atoms with Crippen molar-refractivity contribution in [3.63, 3.8) is 0 Å². The van der Waals surface area contributed by atoms with Crippen molar-refractivity contribution >= 4 is 16.9 Å². The molecule has 0 saturated carbocycles. The number of aromatic amines is 1. The van der Waals surface area contributed by atoms with Crippen molar-refractivity contribution in [1.29, 1.82) is 0 Å². The molecular formula is C19H28FN5O. The number of likely N-dealkylation sites (N-methyl/N-ethyl adjacent to an activating group) is 1. The van der Waals surface area contributed by atoms with Gasteiger partial charge in [0.05, 0.1) is 19.3 Å². The molecule has 1 fully saturated rings. The third-order valence-electron chi connectivity index (χ3n) is 4.56. The molecule has 0 bridgehead atoms. The minimum Gasteiger partial charge on any atom is -0.374 e. The number of hydrogen-bond donors (Lipinski definition) is 3. The van der Waals surface area contributed by atoms with E-state index in [1.807, 2.05) is 12.3 Å². The standard InChI is InChI=1S/C19H28FN5O/c1-3-21-19(24-12-16-13-25(2)8-9-26-16)22-7-6-14-11-23-18-10-15(20)4-5-17(14)18/h4-5,10-11,16,23H,3,6-9,12-13H2,1-2H3,(H2,21,22,24). The summed E-state index contributed by atoms with van der Waals surface area (Å²) in [4.78, 5) is 10.0. The van der Waals surface area contributed by atoms with Crippen LogP contribution in [0.1, 0.15) is 12.5 Å². The average Bonchev–Trinajstić information content (AvgIpc) is 3.02. The minimum absolute atomic E-state index is 0.146. The van der Waals surface area contributed by atoms with Gasteiger partial charge in [0.2, 0.25) is 0 Å². The Bertz CT molecular complexity index is 745. The number of nitrogens with zero attached hydrogens (tertiary/aromatic N) is 2. The molecular weight excluding hydrogens is 333 g/mol. The molecule has 3 rings (SSSR count). The first-order valence-electron chi connectivity index (χ1n) is 9.23. The largest absolute Gasteiger partial charge is 0.374 e. The third-order valence-corrected chi connectivity index (χ3v) is 4.56. The van der Waals surface area contributed by atoms with Crippen LogP contribution in [0.4, 0.5) is 4.39 Å². The first-order valence-corrected chi connectivity index (χ1v) is 9.23. The molecule has 142 valence electrons. The van der Waals surface area contributed by atoms with Crippen molar-refractivity contribution in [3.05, 3.63) is 35.8 Å². The van der Waals surface area contributed by atoms with Crippen LogP contribution in [0.25, 0.3) is 10.9 Å². The van der Waals surface area contributed by atoms with Crippen LogP contribution in [0.2, 0.25) is 0 Å². The minimum atomic E-state index is -0.221. The summed E-state index contributed by atoms with van der Waals surface area (Å²) in [5.74, 6) is 0.580. The Morgan fingerprint density at radius 1 is 1.42 bits per heavy atom. The van der Waals surface area contributed by atoms with Crippen molar-refractivity contribution in [1.82, 2.24) is 20.5 Å². The first kappa shape index (κ1) is 18.7. The number of nitrogens with one attached hydrogen (secondary N) is 3. The number of aliphatic imine (C=N–C) groups is 1. The Labute approximate surface area is 153 Å². The fourth-order valence-corrected chi connectivity index (χ4v) is 3.19. The van der Waals surface area contributed by atoms with Gasteiger partial charge >= 0.3 is 0 Å². The van der Waals surface area contributed by atoms with Gasteiger partial charge in [-0.2, -0.15) is 0 Å². The Hall–Kier alpha value is -2.12. The zero-order valence-corrected chi connectivity index (χ0v) is 15.5. The molecule has 1 aromatic heterocycles. The molecule has 26 heavy (non-hydrogen) atoms. The molecule has 2 heterocycles. The normalized spacial score (nSPS) is 19.0. The maximum absolute atomic E-state index is 13.3. The molecule has 1 saturated heterocycles. The van der Waals surface area contributed by atoms with Gasteiger partial charge in [0.1, 0.15) is 5.82 Å². The molecule has 0 amide bonds. The SMILES string of the molecule is CCNC(=NCC1CN(C)CCO1)NCCc1c[nH]c2cc(F)ccc12. The molecule has 0 spiro atoms. The lowest BCUT2D eigenvalue weighted by atomic mass is 10.1. The lowest BCUT2D eigenvalue weighted by Crippen LogP contribution is -2.43. The fraction of sp³-hybridized carbons (Fsp3) is 0.526. The molecule has 0 radical (unpaired) electrons. The predicted molar refractivity (Wildman–Crippen MR) is 103 cm³/mol. The second-order valence-corrected chi connectivity index (χ2v) is 6.66. The molecule has 7 heteroatoms. The number of H-pyrrole nitrogens is 1. The number of fused-ring (bicyclic) bond motifs is 1. The van der Waals surface area contributed by atoms with E-state index in [1.165, 1.54) is 17.7 Å². The summed E-state index contributed by atoms with van der Waals surface area (Å²) in [6.45, 7) is 6.91. The molecule has 6 nitrogen and oxygen atoms in total. The van der Waals surface area contributed by atoms with E-state index in [0.29, 0.717) is 6.54 Å². The fourth-order valence-electron chi connectivity index (χ4n) is 3.19. The average molecular weight is 361 g/mol.